The molecule has 1 unspecified atom stereocenters. The first kappa shape index (κ1) is 19.5. The van der Waals surface area contributed by atoms with E-state index in [4.69, 9.17) is 9.47 Å². The van der Waals surface area contributed by atoms with Crippen molar-refractivity contribution in [1.29, 1.82) is 0 Å². The molecule has 0 aliphatic carbocycles. The van der Waals surface area contributed by atoms with Crippen LogP contribution in [-0.2, 0) is 4.79 Å². The van der Waals surface area contributed by atoms with Gasteiger partial charge in [-0.2, -0.15) is 0 Å². The van der Waals surface area contributed by atoms with Gasteiger partial charge in [0.05, 0.1) is 19.3 Å². The first-order valence-electron chi connectivity index (χ1n) is 8.47. The summed E-state index contributed by atoms with van der Waals surface area (Å²) >= 11 is 0. The molecule has 1 atom stereocenters. The number of rotatable bonds is 7. The second-order valence-electron chi connectivity index (χ2n) is 6.19. The van der Waals surface area contributed by atoms with Crippen LogP contribution in [0.15, 0.2) is 48.5 Å². The van der Waals surface area contributed by atoms with E-state index in [9.17, 15) is 9.18 Å². The normalized spacial score (nSPS) is 12.2. The van der Waals surface area contributed by atoms with E-state index in [2.05, 4.69) is 5.32 Å². The molecule has 0 aliphatic rings. The summed E-state index contributed by atoms with van der Waals surface area (Å²) in [4.78, 5) is 12.1. The Labute approximate surface area is 153 Å². The molecule has 2 rings (SSSR count). The first-order chi connectivity index (χ1) is 12.4. The number of hydrogen-bond donors (Lipinski definition) is 1. The molecule has 0 spiro atoms. The average molecular weight is 357 g/mol. The summed E-state index contributed by atoms with van der Waals surface area (Å²) < 4.78 is 24.0. The zero-order valence-electron chi connectivity index (χ0n) is 15.5. The van der Waals surface area contributed by atoms with Gasteiger partial charge in [0.15, 0.2) is 11.5 Å². The number of amides is 1. The minimum absolute atomic E-state index is 0.0454. The molecular weight excluding hydrogens is 333 g/mol. The molecule has 1 N–H and O–H groups in total. The number of carbonyl (C=O) groups excluding carboxylic acids is 1. The second kappa shape index (κ2) is 9.04. The zero-order chi connectivity index (χ0) is 19.1. The van der Waals surface area contributed by atoms with Crippen molar-refractivity contribution in [3.8, 4) is 11.5 Å². The zero-order valence-corrected chi connectivity index (χ0v) is 15.5. The minimum Gasteiger partial charge on any atom is -0.493 e. The van der Waals surface area contributed by atoms with Crippen LogP contribution in [0.4, 0.5) is 4.39 Å². The highest BCUT2D eigenvalue weighted by atomic mass is 19.1. The average Bonchev–Trinajstić information content (AvgIpc) is 2.60. The van der Waals surface area contributed by atoms with E-state index in [1.807, 2.05) is 39.0 Å². The molecule has 0 saturated heterocycles. The van der Waals surface area contributed by atoms with Crippen molar-refractivity contribution in [1.82, 2.24) is 5.32 Å². The lowest BCUT2D eigenvalue weighted by atomic mass is 10.1. The maximum absolute atomic E-state index is 13.0. The smallest absolute Gasteiger partial charge is 0.244 e. The van der Waals surface area contributed by atoms with E-state index in [-0.39, 0.29) is 23.9 Å². The van der Waals surface area contributed by atoms with Gasteiger partial charge in [-0.05, 0) is 62.2 Å². The number of halogens is 1. The van der Waals surface area contributed by atoms with Gasteiger partial charge in [0.2, 0.25) is 5.91 Å². The summed E-state index contributed by atoms with van der Waals surface area (Å²) in [6.07, 6.45) is 3.20. The monoisotopic (exact) mass is 357 g/mol. The van der Waals surface area contributed by atoms with Crippen molar-refractivity contribution in [2.24, 2.45) is 0 Å². The Kier molecular flexibility index (Phi) is 6.78. The number of carbonyl (C=O) groups is 1. The number of ether oxygens (including phenoxy) is 2. The van der Waals surface area contributed by atoms with Crippen molar-refractivity contribution in [3.63, 3.8) is 0 Å². The number of nitrogens with one attached hydrogen (secondary N) is 1. The molecule has 0 radical (unpaired) electrons. The fourth-order valence-corrected chi connectivity index (χ4v) is 2.41. The van der Waals surface area contributed by atoms with Gasteiger partial charge in [0.25, 0.3) is 0 Å². The van der Waals surface area contributed by atoms with E-state index < -0.39 is 0 Å². The molecule has 138 valence electrons. The van der Waals surface area contributed by atoms with Crippen molar-refractivity contribution in [3.05, 3.63) is 65.5 Å². The molecule has 0 saturated carbocycles. The molecule has 2 aromatic carbocycles. The highest BCUT2D eigenvalue weighted by molar-refractivity contribution is 5.92. The molecule has 0 heterocycles. The SMILES string of the molecule is COc1cc(/C=C/C(=O)NC(C)c2ccc(F)cc2)ccc1OC(C)C. The molecule has 0 aliphatic heterocycles. The predicted molar refractivity (Wildman–Crippen MR) is 101 cm³/mol. The van der Waals surface area contributed by atoms with E-state index in [0.717, 1.165) is 11.1 Å². The Balaban J connectivity index is 2.01. The Morgan fingerprint density at radius 3 is 2.38 bits per heavy atom. The van der Waals surface area contributed by atoms with Crippen LogP contribution >= 0.6 is 0 Å². The highest BCUT2D eigenvalue weighted by Crippen LogP contribution is 2.29. The summed E-state index contributed by atoms with van der Waals surface area (Å²) in [6.45, 7) is 5.74. The summed E-state index contributed by atoms with van der Waals surface area (Å²) in [6, 6.07) is 11.3. The van der Waals surface area contributed by atoms with E-state index in [0.29, 0.717) is 11.5 Å². The van der Waals surface area contributed by atoms with Crippen molar-refractivity contribution in [2.75, 3.05) is 7.11 Å². The number of benzene rings is 2. The Morgan fingerprint density at radius 2 is 1.77 bits per heavy atom. The van der Waals surface area contributed by atoms with Gasteiger partial charge in [-0.3, -0.25) is 4.79 Å². The van der Waals surface area contributed by atoms with E-state index in [1.165, 1.54) is 18.2 Å². The lowest BCUT2D eigenvalue weighted by Crippen LogP contribution is -2.24. The standard InChI is InChI=1S/C21H24FNO3/c1-14(2)26-19-11-5-16(13-20(19)25-4)6-12-21(24)23-15(3)17-7-9-18(22)10-8-17/h5-15H,1-4H3,(H,23,24)/b12-6+. The summed E-state index contributed by atoms with van der Waals surface area (Å²) in [5, 5.41) is 2.85. The lowest BCUT2D eigenvalue weighted by Gasteiger charge is -2.14. The fraction of sp³-hybridized carbons (Fsp3) is 0.286. The van der Waals surface area contributed by atoms with E-state index >= 15 is 0 Å². The Hall–Kier alpha value is -2.82. The molecule has 1 amide bonds. The molecular formula is C21H24FNO3. The van der Waals surface area contributed by atoms with Crippen LogP contribution in [0.3, 0.4) is 0 Å². The summed E-state index contributed by atoms with van der Waals surface area (Å²) in [7, 11) is 1.58. The van der Waals surface area contributed by atoms with Crippen LogP contribution in [0.1, 0.15) is 37.9 Å². The van der Waals surface area contributed by atoms with Crippen molar-refractivity contribution >= 4 is 12.0 Å². The summed E-state index contributed by atoms with van der Waals surface area (Å²) in [5.74, 6) is 0.740. The third kappa shape index (κ3) is 5.62. The van der Waals surface area contributed by atoms with Gasteiger partial charge in [-0.15, -0.1) is 0 Å². The van der Waals surface area contributed by atoms with Crippen LogP contribution in [0.5, 0.6) is 11.5 Å². The molecule has 26 heavy (non-hydrogen) atoms. The Bertz CT molecular complexity index is 769. The number of methoxy groups -OCH3 is 1. The molecule has 4 nitrogen and oxygen atoms in total. The Morgan fingerprint density at radius 1 is 1.08 bits per heavy atom. The number of hydrogen-bond acceptors (Lipinski definition) is 3. The quantitative estimate of drug-likeness (QED) is 0.742. The third-order valence-corrected chi connectivity index (χ3v) is 3.71. The van der Waals surface area contributed by atoms with Gasteiger partial charge in [-0.25, -0.2) is 4.39 Å². The van der Waals surface area contributed by atoms with Gasteiger partial charge < -0.3 is 14.8 Å². The largest absolute Gasteiger partial charge is 0.493 e. The molecule has 0 aromatic heterocycles. The topological polar surface area (TPSA) is 47.6 Å². The fourth-order valence-electron chi connectivity index (χ4n) is 2.41. The van der Waals surface area contributed by atoms with Gasteiger partial charge in [-0.1, -0.05) is 18.2 Å². The summed E-state index contributed by atoms with van der Waals surface area (Å²) in [5.41, 5.74) is 1.66. The maximum Gasteiger partial charge on any atom is 0.244 e. The van der Waals surface area contributed by atoms with Crippen LogP contribution in [0.2, 0.25) is 0 Å². The van der Waals surface area contributed by atoms with Gasteiger partial charge in [0.1, 0.15) is 5.82 Å². The second-order valence-corrected chi connectivity index (χ2v) is 6.19. The van der Waals surface area contributed by atoms with Crippen LogP contribution < -0.4 is 14.8 Å². The van der Waals surface area contributed by atoms with Crippen molar-refractivity contribution in [2.45, 2.75) is 32.9 Å². The van der Waals surface area contributed by atoms with Crippen LogP contribution in [-0.4, -0.2) is 19.1 Å². The predicted octanol–water partition coefficient (Wildman–Crippen LogP) is 4.51. The van der Waals surface area contributed by atoms with Gasteiger partial charge in [0, 0.05) is 6.08 Å². The highest BCUT2D eigenvalue weighted by Gasteiger charge is 2.09. The lowest BCUT2D eigenvalue weighted by molar-refractivity contribution is -0.117. The molecule has 0 fully saturated rings. The molecule has 2 aromatic rings. The van der Waals surface area contributed by atoms with Crippen LogP contribution in [0, 0.1) is 5.82 Å². The van der Waals surface area contributed by atoms with Crippen LogP contribution in [0.25, 0.3) is 6.08 Å². The minimum atomic E-state index is -0.300. The first-order valence-corrected chi connectivity index (χ1v) is 8.47. The van der Waals surface area contributed by atoms with Crippen molar-refractivity contribution < 1.29 is 18.7 Å². The van der Waals surface area contributed by atoms with Gasteiger partial charge >= 0.3 is 0 Å². The van der Waals surface area contributed by atoms with E-state index in [1.54, 1.807) is 25.3 Å². The molecule has 5 heteroatoms. The maximum atomic E-state index is 13.0. The third-order valence-electron chi connectivity index (χ3n) is 3.71. The molecule has 0 bridgehead atoms.